The van der Waals surface area contributed by atoms with Crippen LogP contribution in [0.3, 0.4) is 0 Å². The zero-order chi connectivity index (χ0) is 16.2. The molecule has 0 radical (unpaired) electrons. The summed E-state index contributed by atoms with van der Waals surface area (Å²) in [6.45, 7) is 2.00. The molecule has 1 aromatic heterocycles. The summed E-state index contributed by atoms with van der Waals surface area (Å²) in [7, 11) is 1.61. The highest BCUT2D eigenvalue weighted by Crippen LogP contribution is 2.26. The molecule has 0 bridgehead atoms. The molecule has 0 saturated carbocycles. The van der Waals surface area contributed by atoms with Gasteiger partial charge < -0.3 is 10.1 Å². The molecule has 6 heteroatoms. The highest BCUT2D eigenvalue weighted by atomic mass is 32.1. The zero-order valence-electron chi connectivity index (χ0n) is 12.7. The molecule has 0 unspecified atom stereocenters. The molecule has 0 aliphatic rings. The van der Waals surface area contributed by atoms with Crippen molar-refractivity contribution in [3.05, 3.63) is 59.0 Å². The number of ether oxygens (including phenoxy) is 1. The van der Waals surface area contributed by atoms with Crippen LogP contribution in [0.4, 0.5) is 5.69 Å². The maximum Gasteiger partial charge on any atom is 0.269 e. The number of aromatic nitrogens is 2. The van der Waals surface area contributed by atoms with E-state index in [0.717, 1.165) is 34.1 Å². The minimum atomic E-state index is -0.213. The molecule has 1 amide bonds. The summed E-state index contributed by atoms with van der Waals surface area (Å²) in [6.07, 6.45) is 0. The Morgan fingerprint density at radius 3 is 2.43 bits per heavy atom. The number of anilines is 1. The molecule has 2 aromatic carbocycles. The number of rotatable bonds is 4. The van der Waals surface area contributed by atoms with Crippen LogP contribution < -0.4 is 10.1 Å². The van der Waals surface area contributed by atoms with Crippen molar-refractivity contribution in [3.63, 3.8) is 0 Å². The number of benzene rings is 2. The van der Waals surface area contributed by atoms with Crippen LogP contribution in [0.15, 0.2) is 48.5 Å². The van der Waals surface area contributed by atoms with Gasteiger partial charge in [0.2, 0.25) is 0 Å². The Balaban J connectivity index is 1.84. The number of aryl methyl sites for hydroxylation is 1. The van der Waals surface area contributed by atoms with Crippen molar-refractivity contribution in [3.8, 4) is 17.0 Å². The van der Waals surface area contributed by atoms with E-state index in [0.29, 0.717) is 10.6 Å². The fourth-order valence-electron chi connectivity index (χ4n) is 2.10. The van der Waals surface area contributed by atoms with Gasteiger partial charge in [-0.25, -0.2) is 0 Å². The van der Waals surface area contributed by atoms with Gasteiger partial charge in [0.1, 0.15) is 16.3 Å². The summed E-state index contributed by atoms with van der Waals surface area (Å²) in [6, 6.07) is 15.0. The van der Waals surface area contributed by atoms with Crippen molar-refractivity contribution in [1.82, 2.24) is 9.59 Å². The first-order valence-electron chi connectivity index (χ1n) is 7.02. The molecule has 0 spiro atoms. The van der Waals surface area contributed by atoms with Gasteiger partial charge in [-0.3, -0.25) is 4.79 Å². The van der Waals surface area contributed by atoms with Crippen LogP contribution in [-0.4, -0.2) is 22.6 Å². The van der Waals surface area contributed by atoms with E-state index in [1.807, 2.05) is 55.5 Å². The zero-order valence-corrected chi connectivity index (χ0v) is 13.6. The Morgan fingerprint density at radius 2 is 1.78 bits per heavy atom. The summed E-state index contributed by atoms with van der Waals surface area (Å²) < 4.78 is 9.06. The van der Waals surface area contributed by atoms with Crippen LogP contribution in [0.1, 0.15) is 15.2 Å². The number of nitrogens with one attached hydrogen (secondary N) is 1. The molecule has 0 saturated heterocycles. The van der Waals surface area contributed by atoms with Crippen molar-refractivity contribution in [2.45, 2.75) is 6.92 Å². The molecule has 116 valence electrons. The standard InChI is InChI=1S/C17H15N3O2S/c1-11-3-7-13(8-4-11)18-17(21)16-15(19-20-23-16)12-5-9-14(22-2)10-6-12/h3-10H,1-2H3,(H,18,21). The number of carbonyl (C=O) groups excluding carboxylic acids is 1. The van der Waals surface area contributed by atoms with Crippen LogP contribution in [0.2, 0.25) is 0 Å². The van der Waals surface area contributed by atoms with E-state index in [9.17, 15) is 4.79 Å². The lowest BCUT2D eigenvalue weighted by Crippen LogP contribution is -2.11. The summed E-state index contributed by atoms with van der Waals surface area (Å²) in [5.74, 6) is 0.539. The van der Waals surface area contributed by atoms with Gasteiger partial charge in [-0.05, 0) is 54.9 Å². The van der Waals surface area contributed by atoms with Gasteiger partial charge in [-0.1, -0.05) is 22.2 Å². The first kappa shape index (κ1) is 15.2. The van der Waals surface area contributed by atoms with Crippen LogP contribution in [0.25, 0.3) is 11.3 Å². The van der Waals surface area contributed by atoms with Crippen molar-refractivity contribution in [2.75, 3.05) is 12.4 Å². The molecule has 1 heterocycles. The molecule has 0 aliphatic heterocycles. The second kappa shape index (κ2) is 6.58. The van der Waals surface area contributed by atoms with E-state index in [1.165, 1.54) is 0 Å². The number of methoxy groups -OCH3 is 1. The lowest BCUT2D eigenvalue weighted by Gasteiger charge is -2.05. The summed E-state index contributed by atoms with van der Waals surface area (Å²) in [5.41, 5.74) is 3.28. The smallest absolute Gasteiger partial charge is 0.269 e. The Kier molecular flexibility index (Phi) is 4.34. The predicted molar refractivity (Wildman–Crippen MR) is 91.0 cm³/mol. The van der Waals surface area contributed by atoms with Crippen LogP contribution in [0, 0.1) is 6.92 Å². The third-order valence-electron chi connectivity index (χ3n) is 3.37. The van der Waals surface area contributed by atoms with Crippen molar-refractivity contribution in [1.29, 1.82) is 0 Å². The van der Waals surface area contributed by atoms with Gasteiger partial charge >= 0.3 is 0 Å². The maximum absolute atomic E-state index is 12.5. The molecule has 3 rings (SSSR count). The van der Waals surface area contributed by atoms with Gasteiger partial charge in [0, 0.05) is 11.3 Å². The average Bonchev–Trinajstić information content (AvgIpc) is 3.07. The second-order valence-corrected chi connectivity index (χ2v) is 5.75. The molecule has 23 heavy (non-hydrogen) atoms. The lowest BCUT2D eigenvalue weighted by atomic mass is 10.1. The number of hydrogen-bond acceptors (Lipinski definition) is 5. The molecule has 0 aliphatic carbocycles. The summed E-state index contributed by atoms with van der Waals surface area (Å²) in [5, 5.41) is 6.96. The van der Waals surface area contributed by atoms with Gasteiger partial charge in [0.05, 0.1) is 7.11 Å². The third-order valence-corrected chi connectivity index (χ3v) is 4.09. The van der Waals surface area contributed by atoms with Crippen molar-refractivity contribution < 1.29 is 9.53 Å². The SMILES string of the molecule is COc1ccc(-c2nnsc2C(=O)Nc2ccc(C)cc2)cc1. The molecule has 1 N–H and O–H groups in total. The minimum Gasteiger partial charge on any atom is -0.497 e. The normalized spacial score (nSPS) is 10.3. The second-order valence-electron chi connectivity index (χ2n) is 5.00. The highest BCUT2D eigenvalue weighted by Gasteiger charge is 2.18. The van der Waals surface area contributed by atoms with Gasteiger partial charge in [0.15, 0.2) is 0 Å². The van der Waals surface area contributed by atoms with Crippen LogP contribution in [0.5, 0.6) is 5.75 Å². The lowest BCUT2D eigenvalue weighted by molar-refractivity contribution is 0.103. The summed E-state index contributed by atoms with van der Waals surface area (Å²) in [4.78, 5) is 13.0. The Hall–Kier alpha value is -2.73. The maximum atomic E-state index is 12.5. The molecule has 0 atom stereocenters. The van der Waals surface area contributed by atoms with Crippen LogP contribution >= 0.6 is 11.5 Å². The van der Waals surface area contributed by atoms with Gasteiger partial charge in [0.25, 0.3) is 5.91 Å². The summed E-state index contributed by atoms with van der Waals surface area (Å²) >= 11 is 1.08. The van der Waals surface area contributed by atoms with Gasteiger partial charge in [-0.15, -0.1) is 5.10 Å². The third kappa shape index (κ3) is 3.37. The Labute approximate surface area is 138 Å². The largest absolute Gasteiger partial charge is 0.497 e. The van der Waals surface area contributed by atoms with E-state index < -0.39 is 0 Å². The van der Waals surface area contributed by atoms with Crippen molar-refractivity contribution in [2.24, 2.45) is 0 Å². The monoisotopic (exact) mass is 325 g/mol. The first-order valence-corrected chi connectivity index (χ1v) is 7.79. The highest BCUT2D eigenvalue weighted by molar-refractivity contribution is 7.08. The quantitative estimate of drug-likeness (QED) is 0.793. The van der Waals surface area contributed by atoms with E-state index in [2.05, 4.69) is 14.9 Å². The minimum absolute atomic E-state index is 0.213. The fraction of sp³-hybridized carbons (Fsp3) is 0.118. The Bertz CT molecular complexity index is 811. The molecule has 0 fully saturated rings. The topological polar surface area (TPSA) is 64.1 Å². The average molecular weight is 325 g/mol. The molecule has 5 nitrogen and oxygen atoms in total. The molecular weight excluding hydrogens is 310 g/mol. The van der Waals surface area contributed by atoms with E-state index in [4.69, 9.17) is 4.74 Å². The van der Waals surface area contributed by atoms with Gasteiger partial charge in [-0.2, -0.15) is 0 Å². The number of hydrogen-bond donors (Lipinski definition) is 1. The number of amides is 1. The fourth-order valence-corrected chi connectivity index (χ4v) is 2.69. The van der Waals surface area contributed by atoms with Crippen molar-refractivity contribution >= 4 is 23.1 Å². The molecule has 3 aromatic rings. The number of nitrogens with zero attached hydrogens (tertiary/aromatic N) is 2. The van der Waals surface area contributed by atoms with E-state index in [-0.39, 0.29) is 5.91 Å². The van der Waals surface area contributed by atoms with Crippen LogP contribution in [-0.2, 0) is 0 Å². The molecular formula is C17H15N3O2S. The van der Waals surface area contributed by atoms with E-state index in [1.54, 1.807) is 7.11 Å². The Morgan fingerprint density at radius 1 is 1.09 bits per heavy atom. The first-order chi connectivity index (χ1) is 11.2. The van der Waals surface area contributed by atoms with E-state index >= 15 is 0 Å². The predicted octanol–water partition coefficient (Wildman–Crippen LogP) is 3.77. The number of carbonyl (C=O) groups is 1.